The molecule has 0 amide bonds. The van der Waals surface area contributed by atoms with Crippen molar-refractivity contribution in [2.75, 3.05) is 6.54 Å². The molecule has 9 rings (SSSR count). The highest BCUT2D eigenvalue weighted by molar-refractivity contribution is 7.23. The molecule has 46 heavy (non-hydrogen) atoms. The van der Waals surface area contributed by atoms with Crippen molar-refractivity contribution in [2.24, 2.45) is 9.98 Å². The number of amidine groups is 2. The van der Waals surface area contributed by atoms with Crippen molar-refractivity contribution in [3.05, 3.63) is 157 Å². The van der Waals surface area contributed by atoms with Gasteiger partial charge in [0.15, 0.2) is 0 Å². The van der Waals surface area contributed by atoms with Crippen molar-refractivity contribution in [2.45, 2.75) is 6.29 Å². The van der Waals surface area contributed by atoms with Gasteiger partial charge in [0, 0.05) is 50.4 Å². The lowest BCUT2D eigenvalue weighted by atomic mass is 10.0. The Morgan fingerprint density at radius 1 is 0.696 bits per heavy atom. The molecule has 3 aromatic heterocycles. The summed E-state index contributed by atoms with van der Waals surface area (Å²) >= 11 is 1.84. The molecule has 2 aliphatic heterocycles. The Morgan fingerprint density at radius 3 is 2.22 bits per heavy atom. The van der Waals surface area contributed by atoms with Gasteiger partial charge in [-0.05, 0) is 64.7 Å². The Kier molecular flexibility index (Phi) is 6.35. The van der Waals surface area contributed by atoms with Crippen LogP contribution < -0.4 is 10.6 Å². The van der Waals surface area contributed by atoms with E-state index < -0.39 is 6.29 Å². The summed E-state index contributed by atoms with van der Waals surface area (Å²) in [5, 5.41) is 10.5. The fourth-order valence-corrected chi connectivity index (χ4v) is 7.64. The average Bonchev–Trinajstić information content (AvgIpc) is 3.72. The molecule has 0 fully saturated rings. The van der Waals surface area contributed by atoms with E-state index in [9.17, 15) is 0 Å². The molecular weight excluding hydrogens is 585 g/mol. The van der Waals surface area contributed by atoms with Gasteiger partial charge in [-0.1, -0.05) is 84.9 Å². The number of nitrogens with zero attached hydrogens (tertiary/aromatic N) is 4. The van der Waals surface area contributed by atoms with Gasteiger partial charge in [0.05, 0.1) is 11.0 Å². The Labute approximate surface area is 269 Å². The number of nitrogens with one attached hydrogen (secondary N) is 2. The largest absolute Gasteiger partial charge is 0.387 e. The molecule has 4 aromatic carbocycles. The number of allylic oxidation sites excluding steroid dienone is 2. The highest BCUT2D eigenvalue weighted by atomic mass is 32.1. The van der Waals surface area contributed by atoms with E-state index in [0.717, 1.165) is 40.4 Å². The summed E-state index contributed by atoms with van der Waals surface area (Å²) in [5.41, 5.74) is 7.80. The smallest absolute Gasteiger partial charge is 0.224 e. The zero-order chi connectivity index (χ0) is 30.5. The lowest BCUT2D eigenvalue weighted by molar-refractivity contribution is 0.575. The molecule has 2 aliphatic rings. The van der Waals surface area contributed by atoms with Gasteiger partial charge in [0.25, 0.3) is 0 Å². The summed E-state index contributed by atoms with van der Waals surface area (Å²) in [4.78, 5) is 16.0. The molecule has 0 radical (unpaired) electrons. The maximum absolute atomic E-state index is 5.28. The predicted octanol–water partition coefficient (Wildman–Crippen LogP) is 8.52. The second-order valence-electron chi connectivity index (χ2n) is 11.4. The highest BCUT2D eigenvalue weighted by Gasteiger charge is 2.25. The molecule has 5 heterocycles. The molecular formula is C39H28N6S. The summed E-state index contributed by atoms with van der Waals surface area (Å²) in [6, 6.07) is 38.6. The second-order valence-corrected chi connectivity index (χ2v) is 12.4. The maximum atomic E-state index is 5.28. The summed E-state index contributed by atoms with van der Waals surface area (Å²) < 4.78 is 3.56. The molecule has 0 saturated heterocycles. The van der Waals surface area contributed by atoms with Gasteiger partial charge < -0.3 is 10.6 Å². The SMILES string of the molecule is C1=CC(c2ccc(C3=NC(n4c5ccccc5c5c6sc(-c7ccccc7)cc6ccc54)N=C(c4ccncc4)N3)cc2)=CCN1. The van der Waals surface area contributed by atoms with Gasteiger partial charge in [0.2, 0.25) is 6.29 Å². The van der Waals surface area contributed by atoms with Gasteiger partial charge in [-0.2, -0.15) is 0 Å². The first-order valence-corrected chi connectivity index (χ1v) is 16.2. The minimum atomic E-state index is -0.512. The predicted molar refractivity (Wildman–Crippen MR) is 191 cm³/mol. The molecule has 0 aliphatic carbocycles. The van der Waals surface area contributed by atoms with Crippen LogP contribution in [0.5, 0.6) is 0 Å². The first kappa shape index (κ1) is 26.6. The standard InChI is InChI=1S/C39H28N6S/c1-2-6-27(7-3-1)34-24-30-14-15-33-35(36(30)46-34)31-8-4-5-9-32(31)45(33)39-43-37(42-38(44-39)29-18-22-41-23-19-29)28-12-10-25(11-13-28)26-16-20-40-21-17-26/h1-20,22-24,39-40H,21H2,(H,42,43,44). The normalized spacial score (nSPS) is 16.2. The quantitative estimate of drug-likeness (QED) is 0.205. The zero-order valence-electron chi connectivity index (χ0n) is 24.8. The average molecular weight is 613 g/mol. The molecule has 1 atom stereocenters. The van der Waals surface area contributed by atoms with Crippen molar-refractivity contribution in [3.63, 3.8) is 0 Å². The van der Waals surface area contributed by atoms with Crippen LogP contribution >= 0.6 is 11.3 Å². The number of fused-ring (bicyclic) bond motifs is 5. The molecule has 2 N–H and O–H groups in total. The van der Waals surface area contributed by atoms with Crippen LogP contribution in [0.4, 0.5) is 0 Å². The van der Waals surface area contributed by atoms with E-state index in [-0.39, 0.29) is 0 Å². The van der Waals surface area contributed by atoms with Crippen LogP contribution in [0.2, 0.25) is 0 Å². The molecule has 0 spiro atoms. The molecule has 0 bridgehead atoms. The molecule has 220 valence electrons. The highest BCUT2D eigenvalue weighted by Crippen LogP contribution is 2.43. The van der Waals surface area contributed by atoms with Crippen LogP contribution in [0.1, 0.15) is 23.0 Å². The van der Waals surface area contributed by atoms with Crippen LogP contribution in [0, 0.1) is 0 Å². The van der Waals surface area contributed by atoms with Gasteiger partial charge in [-0.25, -0.2) is 9.98 Å². The Hall–Kier alpha value is -5.79. The minimum absolute atomic E-state index is 0.512. The number of hydrogen-bond acceptors (Lipinski definition) is 6. The van der Waals surface area contributed by atoms with Gasteiger partial charge in [0.1, 0.15) is 11.7 Å². The van der Waals surface area contributed by atoms with E-state index in [4.69, 9.17) is 9.98 Å². The number of hydrogen-bond donors (Lipinski definition) is 2. The summed E-state index contributed by atoms with van der Waals surface area (Å²) in [7, 11) is 0. The Morgan fingerprint density at radius 2 is 1.43 bits per heavy atom. The fraction of sp³-hybridized carbons (Fsp3) is 0.0513. The minimum Gasteiger partial charge on any atom is -0.387 e. The monoisotopic (exact) mass is 612 g/mol. The summed E-state index contributed by atoms with van der Waals surface area (Å²) in [6.07, 6.45) is 9.39. The topological polar surface area (TPSA) is 66.6 Å². The molecule has 0 saturated carbocycles. The number of benzene rings is 4. The van der Waals surface area contributed by atoms with Gasteiger partial charge in [-0.3, -0.25) is 9.55 Å². The van der Waals surface area contributed by atoms with Crippen molar-refractivity contribution in [1.82, 2.24) is 20.2 Å². The second kappa shape index (κ2) is 11.0. The third kappa shape index (κ3) is 4.52. The summed E-state index contributed by atoms with van der Waals surface area (Å²) in [6.45, 7) is 0.833. The maximum Gasteiger partial charge on any atom is 0.224 e. The van der Waals surface area contributed by atoms with Crippen LogP contribution in [0.15, 0.2) is 150 Å². The Bertz CT molecular complexity index is 2380. The van der Waals surface area contributed by atoms with E-state index >= 15 is 0 Å². The third-order valence-electron chi connectivity index (χ3n) is 8.64. The van der Waals surface area contributed by atoms with E-state index in [1.54, 1.807) is 12.4 Å². The lowest BCUT2D eigenvalue weighted by Gasteiger charge is -2.24. The zero-order valence-corrected chi connectivity index (χ0v) is 25.6. The molecule has 1 unspecified atom stereocenters. The number of aliphatic imine (C=N–C) groups is 2. The summed E-state index contributed by atoms with van der Waals surface area (Å²) in [5.74, 6) is 1.54. The van der Waals surface area contributed by atoms with Crippen molar-refractivity contribution >= 4 is 60.5 Å². The third-order valence-corrected chi connectivity index (χ3v) is 9.86. The number of thiophene rings is 1. The van der Waals surface area contributed by atoms with E-state index in [1.807, 2.05) is 29.7 Å². The molecule has 7 heteroatoms. The van der Waals surface area contributed by atoms with Crippen LogP contribution in [0.3, 0.4) is 0 Å². The first-order chi connectivity index (χ1) is 22.8. The fourth-order valence-electron chi connectivity index (χ4n) is 6.42. The van der Waals surface area contributed by atoms with Gasteiger partial charge >= 0.3 is 0 Å². The van der Waals surface area contributed by atoms with Gasteiger partial charge in [-0.15, -0.1) is 11.3 Å². The number of rotatable bonds is 5. The van der Waals surface area contributed by atoms with Crippen molar-refractivity contribution in [1.29, 1.82) is 0 Å². The number of pyridine rings is 1. The van der Waals surface area contributed by atoms with E-state index in [2.05, 4.69) is 129 Å². The van der Waals surface area contributed by atoms with Crippen molar-refractivity contribution < 1.29 is 0 Å². The van der Waals surface area contributed by atoms with Crippen LogP contribution in [0.25, 0.3) is 47.9 Å². The first-order valence-electron chi connectivity index (χ1n) is 15.3. The van der Waals surface area contributed by atoms with Crippen LogP contribution in [-0.4, -0.2) is 27.8 Å². The number of aromatic nitrogens is 2. The lowest BCUT2D eigenvalue weighted by Crippen LogP contribution is -2.36. The van der Waals surface area contributed by atoms with E-state index in [1.165, 1.54) is 42.4 Å². The van der Waals surface area contributed by atoms with E-state index in [0.29, 0.717) is 0 Å². The van der Waals surface area contributed by atoms with Crippen molar-refractivity contribution in [3.8, 4) is 10.4 Å². The van der Waals surface area contributed by atoms with Crippen LogP contribution in [-0.2, 0) is 0 Å². The molecule has 7 aromatic rings. The number of para-hydroxylation sites is 1. The Balaban J connectivity index is 1.22. The molecule has 6 nitrogen and oxygen atoms in total. The number of dihydropyridines is 1.